The first-order chi connectivity index (χ1) is 15.8. The summed E-state index contributed by atoms with van der Waals surface area (Å²) in [6.45, 7) is 1.80. The average Bonchev–Trinajstić information content (AvgIpc) is 3.06. The molecule has 2 unspecified atom stereocenters. The molecule has 6 nitrogen and oxygen atoms in total. The van der Waals surface area contributed by atoms with E-state index in [2.05, 4.69) is 5.32 Å². The first-order valence-corrected chi connectivity index (χ1v) is 11.5. The van der Waals surface area contributed by atoms with Crippen molar-refractivity contribution in [3.63, 3.8) is 0 Å². The molecule has 1 heterocycles. The van der Waals surface area contributed by atoms with E-state index in [0.29, 0.717) is 43.0 Å². The molecule has 1 aromatic heterocycles. The van der Waals surface area contributed by atoms with E-state index < -0.39 is 17.8 Å². The Morgan fingerprint density at radius 1 is 1.30 bits per heavy atom. The lowest BCUT2D eigenvalue weighted by Gasteiger charge is -2.26. The minimum Gasteiger partial charge on any atom is -0.508 e. The third-order valence-electron chi connectivity index (χ3n) is 6.31. The van der Waals surface area contributed by atoms with Gasteiger partial charge in [0.1, 0.15) is 17.6 Å². The number of carboxylic acids is 1. The molecule has 1 aliphatic carbocycles. The maximum Gasteiger partial charge on any atom is 0.326 e. The molecule has 0 spiro atoms. The quantitative estimate of drug-likeness (QED) is 0.461. The Kier molecular flexibility index (Phi) is 6.61. The Labute approximate surface area is 196 Å². The molecule has 0 bridgehead atoms. The van der Waals surface area contributed by atoms with Crippen LogP contribution in [0.15, 0.2) is 36.4 Å². The summed E-state index contributed by atoms with van der Waals surface area (Å²) in [5, 5.41) is 23.2. The van der Waals surface area contributed by atoms with Gasteiger partial charge in [-0.2, -0.15) is 0 Å². The summed E-state index contributed by atoms with van der Waals surface area (Å²) in [6, 6.07) is 8.50. The van der Waals surface area contributed by atoms with Crippen LogP contribution in [0.25, 0.3) is 10.9 Å². The molecule has 0 saturated carbocycles. The van der Waals surface area contributed by atoms with Gasteiger partial charge in [0, 0.05) is 23.5 Å². The second-order valence-corrected chi connectivity index (χ2v) is 8.93. The lowest BCUT2D eigenvalue weighted by molar-refractivity contribution is -0.141. The molecule has 0 aliphatic heterocycles. The highest BCUT2D eigenvalue weighted by Gasteiger charge is 2.32. The molecule has 3 N–H and O–H groups in total. The summed E-state index contributed by atoms with van der Waals surface area (Å²) in [7, 11) is 0. The maximum atomic E-state index is 14.2. The molecule has 8 heteroatoms. The zero-order valence-corrected chi connectivity index (χ0v) is 19.0. The predicted octanol–water partition coefficient (Wildman–Crippen LogP) is 4.78. The van der Waals surface area contributed by atoms with E-state index in [0.717, 1.165) is 16.8 Å². The fourth-order valence-electron chi connectivity index (χ4n) is 4.84. The molecule has 2 atom stereocenters. The fraction of sp³-hybridized carbons (Fsp3) is 0.360. The van der Waals surface area contributed by atoms with E-state index in [1.165, 1.54) is 12.1 Å². The van der Waals surface area contributed by atoms with Gasteiger partial charge < -0.3 is 20.1 Å². The zero-order valence-electron chi connectivity index (χ0n) is 18.3. The van der Waals surface area contributed by atoms with Crippen LogP contribution < -0.4 is 5.32 Å². The van der Waals surface area contributed by atoms with E-state index in [9.17, 15) is 24.2 Å². The van der Waals surface area contributed by atoms with Crippen LogP contribution in [0.2, 0.25) is 5.02 Å². The number of aryl methyl sites for hydroxylation is 1. The lowest BCUT2D eigenvalue weighted by Crippen LogP contribution is -2.39. The van der Waals surface area contributed by atoms with Gasteiger partial charge in [0.15, 0.2) is 0 Å². The molecule has 174 valence electrons. The standard InChI is InChI=1S/C25H26ClFN2O4/c1-2-21(25(32)33)29-22-8-7-16(13-18(22)19-11-15(27)12-20(26)24(19)29)28-23(31)9-6-14-4-3-5-17(30)10-14/h3-5,10-12,16,21,30H,2,6-9,13H2,1H3,(H,28,31)(H,32,33). The van der Waals surface area contributed by atoms with Crippen LogP contribution in [0.3, 0.4) is 0 Å². The van der Waals surface area contributed by atoms with Crippen molar-refractivity contribution >= 4 is 34.4 Å². The molecule has 4 rings (SSSR count). The predicted molar refractivity (Wildman–Crippen MR) is 124 cm³/mol. The summed E-state index contributed by atoms with van der Waals surface area (Å²) < 4.78 is 16.0. The number of halogens is 2. The van der Waals surface area contributed by atoms with Gasteiger partial charge in [0.05, 0.1) is 10.5 Å². The second kappa shape index (κ2) is 9.43. The number of benzene rings is 2. The number of nitrogens with one attached hydrogen (secondary N) is 1. The topological polar surface area (TPSA) is 91.6 Å². The monoisotopic (exact) mass is 472 g/mol. The minimum atomic E-state index is -0.958. The van der Waals surface area contributed by atoms with Crippen LogP contribution in [0.4, 0.5) is 4.39 Å². The molecule has 0 fully saturated rings. The Bertz CT molecular complexity index is 1220. The second-order valence-electron chi connectivity index (χ2n) is 8.52. The Balaban J connectivity index is 1.58. The molecule has 0 saturated heterocycles. The van der Waals surface area contributed by atoms with Crippen LogP contribution in [-0.2, 0) is 28.9 Å². The van der Waals surface area contributed by atoms with E-state index in [1.54, 1.807) is 29.7 Å². The van der Waals surface area contributed by atoms with Gasteiger partial charge in [-0.3, -0.25) is 4.79 Å². The molecule has 0 radical (unpaired) electrons. The molecule has 3 aromatic rings. The largest absolute Gasteiger partial charge is 0.508 e. The van der Waals surface area contributed by atoms with Crippen LogP contribution in [-0.4, -0.2) is 32.7 Å². The number of phenolic OH excluding ortho intramolecular Hbond substituents is 1. The number of carbonyl (C=O) groups excluding carboxylic acids is 1. The van der Waals surface area contributed by atoms with Gasteiger partial charge in [-0.25, -0.2) is 9.18 Å². The van der Waals surface area contributed by atoms with Crippen molar-refractivity contribution < 1.29 is 24.2 Å². The first-order valence-electron chi connectivity index (χ1n) is 11.1. The van der Waals surface area contributed by atoms with E-state index in [-0.39, 0.29) is 29.1 Å². The van der Waals surface area contributed by atoms with E-state index in [1.807, 2.05) is 6.07 Å². The Morgan fingerprint density at radius 3 is 2.79 bits per heavy atom. The van der Waals surface area contributed by atoms with Crippen LogP contribution >= 0.6 is 11.6 Å². The van der Waals surface area contributed by atoms with Gasteiger partial charge in [-0.1, -0.05) is 30.7 Å². The average molecular weight is 473 g/mol. The molecule has 33 heavy (non-hydrogen) atoms. The van der Waals surface area contributed by atoms with E-state index >= 15 is 0 Å². The number of aliphatic carboxylic acids is 1. The highest BCUT2D eigenvalue weighted by atomic mass is 35.5. The third kappa shape index (κ3) is 4.69. The van der Waals surface area contributed by atoms with Gasteiger partial charge in [-0.15, -0.1) is 0 Å². The number of hydrogen-bond acceptors (Lipinski definition) is 3. The number of amides is 1. The normalized spacial score (nSPS) is 16.4. The number of carboxylic acid groups (broad SMARTS) is 1. The summed E-state index contributed by atoms with van der Waals surface area (Å²) in [5.41, 5.74) is 3.10. The number of fused-ring (bicyclic) bond motifs is 3. The Hall–Kier alpha value is -3.06. The van der Waals surface area contributed by atoms with Crippen molar-refractivity contribution in [2.24, 2.45) is 0 Å². The van der Waals surface area contributed by atoms with Crippen molar-refractivity contribution in [1.82, 2.24) is 9.88 Å². The van der Waals surface area contributed by atoms with Crippen LogP contribution in [0.5, 0.6) is 5.75 Å². The van der Waals surface area contributed by atoms with Gasteiger partial charge in [0.25, 0.3) is 0 Å². The summed E-state index contributed by atoms with van der Waals surface area (Å²) in [6.07, 6.45) is 2.85. The van der Waals surface area contributed by atoms with Crippen molar-refractivity contribution in [2.75, 3.05) is 0 Å². The number of aromatic hydroxyl groups is 1. The van der Waals surface area contributed by atoms with Crippen molar-refractivity contribution in [1.29, 1.82) is 0 Å². The van der Waals surface area contributed by atoms with Crippen molar-refractivity contribution in [3.8, 4) is 5.75 Å². The zero-order chi connectivity index (χ0) is 23.7. The molecular weight excluding hydrogens is 447 g/mol. The summed E-state index contributed by atoms with van der Waals surface area (Å²) in [4.78, 5) is 24.5. The number of nitrogens with zero attached hydrogens (tertiary/aromatic N) is 1. The van der Waals surface area contributed by atoms with Gasteiger partial charge >= 0.3 is 5.97 Å². The highest BCUT2D eigenvalue weighted by molar-refractivity contribution is 6.35. The van der Waals surface area contributed by atoms with Gasteiger partial charge in [-0.05, 0) is 67.5 Å². The number of hydrogen-bond donors (Lipinski definition) is 3. The number of carbonyl (C=O) groups is 2. The number of aromatic nitrogens is 1. The van der Waals surface area contributed by atoms with Crippen molar-refractivity contribution in [2.45, 2.75) is 57.5 Å². The molecule has 2 aromatic carbocycles. The fourth-order valence-corrected chi connectivity index (χ4v) is 5.14. The molecule has 1 amide bonds. The van der Waals surface area contributed by atoms with E-state index in [4.69, 9.17) is 11.6 Å². The third-order valence-corrected chi connectivity index (χ3v) is 6.60. The van der Waals surface area contributed by atoms with Gasteiger partial charge in [0.2, 0.25) is 5.91 Å². The molecular formula is C25H26ClFN2O4. The SMILES string of the molecule is CCC(C(=O)O)n1c2c(c3cc(F)cc(Cl)c31)CC(NC(=O)CCc1cccc(O)c1)CC2. The van der Waals surface area contributed by atoms with Crippen LogP contribution in [0, 0.1) is 5.82 Å². The minimum absolute atomic E-state index is 0.100. The maximum absolute atomic E-state index is 14.2. The number of rotatable bonds is 7. The smallest absolute Gasteiger partial charge is 0.326 e. The summed E-state index contributed by atoms with van der Waals surface area (Å²) >= 11 is 6.38. The summed E-state index contributed by atoms with van der Waals surface area (Å²) in [5.74, 6) is -1.37. The highest BCUT2D eigenvalue weighted by Crippen LogP contribution is 2.39. The Morgan fingerprint density at radius 2 is 2.09 bits per heavy atom. The number of phenols is 1. The lowest BCUT2D eigenvalue weighted by atomic mass is 9.91. The molecule has 1 aliphatic rings. The van der Waals surface area contributed by atoms with Crippen molar-refractivity contribution in [3.05, 3.63) is 64.1 Å². The van der Waals surface area contributed by atoms with Crippen LogP contribution in [0.1, 0.15) is 49.0 Å². The first kappa shape index (κ1) is 23.1.